The zero-order chi connectivity index (χ0) is 16.7. The minimum atomic E-state index is -0.600. The number of allylic oxidation sites excluding steroid dienone is 5. The quantitative estimate of drug-likeness (QED) is 0.505. The van der Waals surface area contributed by atoms with Crippen LogP contribution in [0.15, 0.2) is 72.8 Å². The van der Waals surface area contributed by atoms with Gasteiger partial charge in [0.05, 0.1) is 9.90 Å². The average Bonchev–Trinajstić information content (AvgIpc) is 2.59. The fraction of sp³-hybridized carbons (Fsp3) is 0.0952. The molecule has 4 rings (SSSR count). The first kappa shape index (κ1) is 15.4. The summed E-state index contributed by atoms with van der Waals surface area (Å²) >= 11 is 13.1. The van der Waals surface area contributed by atoms with Crippen molar-refractivity contribution in [1.82, 2.24) is 0 Å². The number of ketones is 1. The summed E-state index contributed by atoms with van der Waals surface area (Å²) in [4.78, 5) is 12.3. The number of hydrogen-bond donors (Lipinski definition) is 0. The van der Waals surface area contributed by atoms with Gasteiger partial charge in [-0.3, -0.25) is 4.79 Å². The molecule has 0 amide bonds. The average molecular weight is 353 g/mol. The Kier molecular flexibility index (Phi) is 3.71. The zero-order valence-electron chi connectivity index (χ0n) is 12.8. The van der Waals surface area contributed by atoms with E-state index in [1.807, 2.05) is 66.8 Å². The van der Waals surface area contributed by atoms with Crippen molar-refractivity contribution in [3.63, 3.8) is 0 Å². The van der Waals surface area contributed by atoms with Crippen molar-refractivity contribution in [3.05, 3.63) is 100 Å². The van der Waals surface area contributed by atoms with Crippen molar-refractivity contribution in [3.8, 4) is 0 Å². The van der Waals surface area contributed by atoms with Gasteiger partial charge in [0.1, 0.15) is 0 Å². The van der Waals surface area contributed by atoms with Crippen LogP contribution in [-0.2, 0) is 0 Å². The molecule has 1 nitrogen and oxygen atoms in total. The van der Waals surface area contributed by atoms with Gasteiger partial charge in [-0.25, -0.2) is 0 Å². The van der Waals surface area contributed by atoms with E-state index in [0.29, 0.717) is 22.6 Å². The number of hydrogen-bond acceptors (Lipinski definition) is 1. The summed E-state index contributed by atoms with van der Waals surface area (Å²) in [5.41, 5.74) is 3.92. The number of benzene rings is 2. The molecule has 0 bridgehead atoms. The lowest BCUT2D eigenvalue weighted by Gasteiger charge is -2.27. The monoisotopic (exact) mass is 352 g/mol. The van der Waals surface area contributed by atoms with Gasteiger partial charge in [0.15, 0.2) is 5.78 Å². The van der Waals surface area contributed by atoms with Crippen molar-refractivity contribution in [2.24, 2.45) is 0 Å². The van der Waals surface area contributed by atoms with E-state index >= 15 is 0 Å². The van der Waals surface area contributed by atoms with Gasteiger partial charge in [0, 0.05) is 11.1 Å². The first-order valence-corrected chi connectivity index (χ1v) is 8.54. The minimum Gasteiger partial charge on any atom is -0.289 e. The Morgan fingerprint density at radius 2 is 1.71 bits per heavy atom. The molecule has 1 unspecified atom stereocenters. The normalized spacial score (nSPS) is 23.2. The molecule has 0 heterocycles. The minimum absolute atomic E-state index is 0.0361. The molecule has 24 heavy (non-hydrogen) atoms. The van der Waals surface area contributed by atoms with E-state index in [-0.39, 0.29) is 5.78 Å². The topological polar surface area (TPSA) is 17.1 Å². The maximum absolute atomic E-state index is 12.9. The van der Waals surface area contributed by atoms with Crippen LogP contribution in [0.2, 0.25) is 5.02 Å². The van der Waals surface area contributed by atoms with Crippen LogP contribution in [0, 0.1) is 0 Å². The van der Waals surface area contributed by atoms with E-state index in [1.54, 1.807) is 6.07 Å². The Bertz CT molecular complexity index is 937. The van der Waals surface area contributed by atoms with Gasteiger partial charge in [0.2, 0.25) is 0 Å². The molecule has 0 aliphatic heterocycles. The van der Waals surface area contributed by atoms with E-state index in [4.69, 9.17) is 23.2 Å². The van der Waals surface area contributed by atoms with Crippen molar-refractivity contribution in [2.75, 3.05) is 0 Å². The molecule has 1 atom stereocenters. The third kappa shape index (κ3) is 2.45. The number of rotatable bonds is 1. The molecule has 2 aromatic rings. The summed E-state index contributed by atoms with van der Waals surface area (Å²) in [6, 6.07) is 13.2. The fourth-order valence-electron chi connectivity index (χ4n) is 3.29. The molecule has 2 aromatic carbocycles. The highest BCUT2D eigenvalue weighted by atomic mass is 35.5. The second-order valence-electron chi connectivity index (χ2n) is 6.01. The molecule has 2 aliphatic carbocycles. The van der Waals surface area contributed by atoms with Gasteiger partial charge in [-0.15, -0.1) is 11.6 Å². The maximum atomic E-state index is 12.9. The number of carbonyl (C=O) groups is 1. The van der Waals surface area contributed by atoms with Crippen molar-refractivity contribution < 1.29 is 4.79 Å². The van der Waals surface area contributed by atoms with Gasteiger partial charge in [-0.05, 0) is 29.2 Å². The summed E-state index contributed by atoms with van der Waals surface area (Å²) in [6.07, 6.45) is 10.7. The van der Waals surface area contributed by atoms with Gasteiger partial charge in [-0.1, -0.05) is 78.4 Å². The highest BCUT2D eigenvalue weighted by Crippen LogP contribution is 2.41. The fourth-order valence-corrected chi connectivity index (χ4v) is 3.82. The molecular formula is C21H14Cl2O. The lowest BCUT2D eigenvalue weighted by Crippen LogP contribution is -2.20. The van der Waals surface area contributed by atoms with Crippen LogP contribution < -0.4 is 0 Å². The Labute approximate surface area is 150 Å². The Morgan fingerprint density at radius 1 is 0.958 bits per heavy atom. The second-order valence-corrected chi connectivity index (χ2v) is 7.12. The van der Waals surface area contributed by atoms with E-state index in [0.717, 1.165) is 16.7 Å². The van der Waals surface area contributed by atoms with Crippen LogP contribution in [0.3, 0.4) is 0 Å². The van der Waals surface area contributed by atoms with Crippen LogP contribution in [0.1, 0.15) is 33.5 Å². The number of alkyl halides is 1. The van der Waals surface area contributed by atoms with Crippen molar-refractivity contribution in [1.29, 1.82) is 0 Å². The van der Waals surface area contributed by atoms with Crippen molar-refractivity contribution in [2.45, 2.75) is 11.3 Å². The number of carbonyl (C=O) groups excluding carboxylic acids is 1. The van der Waals surface area contributed by atoms with E-state index in [2.05, 4.69) is 0 Å². The number of fused-ring (bicyclic) bond motifs is 2. The maximum Gasteiger partial charge on any atom is 0.195 e. The summed E-state index contributed by atoms with van der Waals surface area (Å²) in [6.45, 7) is 0. The lowest BCUT2D eigenvalue weighted by atomic mass is 9.79. The molecule has 2 aliphatic rings. The van der Waals surface area contributed by atoms with Gasteiger partial charge in [0.25, 0.3) is 0 Å². The second kappa shape index (κ2) is 5.77. The van der Waals surface area contributed by atoms with Gasteiger partial charge < -0.3 is 0 Å². The molecule has 0 saturated carbocycles. The molecule has 0 N–H and O–H groups in total. The highest BCUT2D eigenvalue weighted by Gasteiger charge is 2.31. The molecular weight excluding hydrogens is 339 g/mol. The van der Waals surface area contributed by atoms with Gasteiger partial charge >= 0.3 is 0 Å². The van der Waals surface area contributed by atoms with Crippen molar-refractivity contribution >= 4 is 34.6 Å². The van der Waals surface area contributed by atoms with E-state index in [1.165, 1.54) is 0 Å². The summed E-state index contributed by atoms with van der Waals surface area (Å²) in [5.74, 6) is -0.0361. The third-order valence-corrected chi connectivity index (χ3v) is 5.13. The predicted octanol–water partition coefficient (Wildman–Crippen LogP) is 5.81. The Hall–Kier alpha value is -2.09. The Balaban J connectivity index is 2.00. The predicted molar refractivity (Wildman–Crippen MR) is 99.9 cm³/mol. The van der Waals surface area contributed by atoms with Crippen LogP contribution in [0.25, 0.3) is 5.57 Å². The molecule has 0 saturated heterocycles. The van der Waals surface area contributed by atoms with Crippen LogP contribution in [0.5, 0.6) is 0 Å². The summed E-state index contributed by atoms with van der Waals surface area (Å²) in [7, 11) is 0. The molecule has 0 fully saturated rings. The highest BCUT2D eigenvalue weighted by molar-refractivity contribution is 6.37. The van der Waals surface area contributed by atoms with Crippen LogP contribution in [0.4, 0.5) is 0 Å². The SMILES string of the molecule is O=C1c2ccccc2C(=CC2(Cl)C=CC=CC2)c2cccc(Cl)c21. The van der Waals surface area contributed by atoms with Gasteiger partial charge in [-0.2, -0.15) is 0 Å². The first-order valence-electron chi connectivity index (χ1n) is 7.78. The summed E-state index contributed by atoms with van der Waals surface area (Å²) < 4.78 is 0. The molecule has 118 valence electrons. The van der Waals surface area contributed by atoms with E-state index < -0.39 is 4.87 Å². The van der Waals surface area contributed by atoms with Crippen LogP contribution in [-0.4, -0.2) is 10.7 Å². The largest absolute Gasteiger partial charge is 0.289 e. The zero-order valence-corrected chi connectivity index (χ0v) is 14.3. The third-order valence-electron chi connectivity index (χ3n) is 4.43. The molecule has 3 heteroatoms. The molecule has 0 aromatic heterocycles. The number of halogens is 2. The lowest BCUT2D eigenvalue weighted by molar-refractivity contribution is 0.103. The molecule has 0 spiro atoms. The first-order chi connectivity index (χ1) is 11.6. The van der Waals surface area contributed by atoms with E-state index in [9.17, 15) is 4.79 Å². The standard InChI is InChI=1S/C21H14Cl2O/c22-18-10-6-9-15-17(13-21(23)11-4-1-5-12-21)14-7-2-3-8-16(14)20(24)19(15)18/h1-11,13H,12H2. The van der Waals surface area contributed by atoms with Crippen LogP contribution >= 0.6 is 23.2 Å². The summed E-state index contributed by atoms with van der Waals surface area (Å²) in [5, 5.41) is 0.473. The Morgan fingerprint density at radius 3 is 2.46 bits per heavy atom. The molecule has 0 radical (unpaired) electrons. The smallest absolute Gasteiger partial charge is 0.195 e.